The van der Waals surface area contributed by atoms with Crippen LogP contribution in [-0.4, -0.2) is 11.3 Å². The highest BCUT2D eigenvalue weighted by molar-refractivity contribution is 5.22. The van der Waals surface area contributed by atoms with Crippen molar-refractivity contribution in [2.45, 2.75) is 18.7 Å². The third-order valence-corrected chi connectivity index (χ3v) is 1.82. The molecule has 1 rings (SSSR count). The molecule has 0 radical (unpaired) electrons. The Balaban J connectivity index is 3.00. The predicted octanol–water partition coefficient (Wildman–Crippen LogP) is 3.09. The number of hydrogen-bond acceptors (Lipinski definition) is 1. The zero-order valence-corrected chi connectivity index (χ0v) is 7.65. The Morgan fingerprint density at radius 3 is 2.00 bits per heavy atom. The molecule has 16 heavy (non-hydrogen) atoms. The Morgan fingerprint density at radius 2 is 1.50 bits per heavy atom. The van der Waals surface area contributed by atoms with Crippen LogP contribution in [0, 0.1) is 17.5 Å². The summed E-state index contributed by atoms with van der Waals surface area (Å²) in [5.41, 5.74) is -0.920. The molecule has 0 fully saturated rings. The second-order valence-electron chi connectivity index (χ2n) is 3.12. The van der Waals surface area contributed by atoms with Crippen molar-refractivity contribution in [1.82, 2.24) is 0 Å². The molecule has 0 saturated heterocycles. The van der Waals surface area contributed by atoms with Gasteiger partial charge < -0.3 is 5.11 Å². The summed E-state index contributed by atoms with van der Waals surface area (Å²) in [5.74, 6) is -4.46. The smallest absolute Gasteiger partial charge is 0.388 e. The monoisotopic (exact) mass is 244 g/mol. The molecule has 90 valence electrons. The average molecular weight is 244 g/mol. The van der Waals surface area contributed by atoms with Gasteiger partial charge in [-0.25, -0.2) is 13.2 Å². The maximum atomic E-state index is 12.9. The summed E-state index contributed by atoms with van der Waals surface area (Å²) in [5, 5.41) is 9.00. The first-order chi connectivity index (χ1) is 7.20. The van der Waals surface area contributed by atoms with Crippen LogP contribution in [0.25, 0.3) is 0 Å². The maximum absolute atomic E-state index is 12.9. The van der Waals surface area contributed by atoms with Crippen molar-refractivity contribution < 1.29 is 31.4 Å². The van der Waals surface area contributed by atoms with Gasteiger partial charge >= 0.3 is 6.18 Å². The predicted molar refractivity (Wildman–Crippen MR) is 41.9 cm³/mol. The fraction of sp³-hybridized carbons (Fsp3) is 0.333. The molecular formula is C9H6F6O. The highest BCUT2D eigenvalue weighted by atomic mass is 19.4. The number of alkyl halides is 3. The summed E-state index contributed by atoms with van der Waals surface area (Å²) in [6, 6.07) is 0.297. The normalized spacial score (nSPS) is 13.9. The number of aliphatic hydroxyl groups excluding tert-OH is 1. The standard InChI is InChI=1S/C9H6F6O/c10-5-2-7(12)6(11)1-4(5)8(16)3-9(13,14)15/h1-2,8,16H,3H2. The minimum absolute atomic E-state index is 0.0876. The first-order valence-corrected chi connectivity index (χ1v) is 4.10. The van der Waals surface area contributed by atoms with Crippen molar-refractivity contribution in [2.24, 2.45) is 0 Å². The van der Waals surface area contributed by atoms with Gasteiger partial charge in [-0.1, -0.05) is 0 Å². The van der Waals surface area contributed by atoms with Gasteiger partial charge in [0.1, 0.15) is 5.82 Å². The lowest BCUT2D eigenvalue weighted by Gasteiger charge is -2.14. The van der Waals surface area contributed by atoms with E-state index < -0.39 is 41.7 Å². The van der Waals surface area contributed by atoms with E-state index in [2.05, 4.69) is 0 Å². The maximum Gasteiger partial charge on any atom is 0.391 e. The van der Waals surface area contributed by atoms with Crippen molar-refractivity contribution in [3.63, 3.8) is 0 Å². The zero-order valence-electron chi connectivity index (χ0n) is 7.65. The van der Waals surface area contributed by atoms with Gasteiger partial charge in [-0.2, -0.15) is 13.2 Å². The number of aliphatic hydroxyl groups is 1. The third kappa shape index (κ3) is 3.13. The van der Waals surface area contributed by atoms with Crippen molar-refractivity contribution in [2.75, 3.05) is 0 Å². The summed E-state index contributed by atoms with van der Waals surface area (Å²) in [7, 11) is 0. The highest BCUT2D eigenvalue weighted by Crippen LogP contribution is 2.31. The molecule has 1 aromatic carbocycles. The summed E-state index contributed by atoms with van der Waals surface area (Å²) in [6.45, 7) is 0. The van der Waals surface area contributed by atoms with Crippen LogP contribution in [0.15, 0.2) is 12.1 Å². The highest BCUT2D eigenvalue weighted by Gasteiger charge is 2.33. The first-order valence-electron chi connectivity index (χ1n) is 4.10. The van der Waals surface area contributed by atoms with Gasteiger partial charge in [0.25, 0.3) is 0 Å². The molecule has 0 saturated carbocycles. The molecule has 0 aliphatic heterocycles. The lowest BCUT2D eigenvalue weighted by Crippen LogP contribution is -2.15. The molecule has 0 spiro atoms. The van der Waals surface area contributed by atoms with E-state index in [-0.39, 0.29) is 12.1 Å². The van der Waals surface area contributed by atoms with Crippen LogP contribution in [0.2, 0.25) is 0 Å². The van der Waals surface area contributed by atoms with Crippen molar-refractivity contribution in [1.29, 1.82) is 0 Å². The summed E-state index contributed by atoms with van der Waals surface area (Å²) >= 11 is 0. The van der Waals surface area contributed by atoms with Gasteiger partial charge in [0.15, 0.2) is 11.6 Å². The number of hydrogen-bond donors (Lipinski definition) is 1. The van der Waals surface area contributed by atoms with Crippen LogP contribution in [0.5, 0.6) is 0 Å². The Hall–Kier alpha value is -1.24. The van der Waals surface area contributed by atoms with Crippen LogP contribution in [0.3, 0.4) is 0 Å². The van der Waals surface area contributed by atoms with E-state index in [4.69, 9.17) is 5.11 Å². The van der Waals surface area contributed by atoms with E-state index >= 15 is 0 Å². The Morgan fingerprint density at radius 1 is 1.00 bits per heavy atom. The molecule has 0 heterocycles. The van der Waals surface area contributed by atoms with Gasteiger partial charge in [0.2, 0.25) is 0 Å². The number of rotatable bonds is 2. The molecule has 1 nitrogen and oxygen atoms in total. The molecule has 1 aromatic rings. The van der Waals surface area contributed by atoms with Gasteiger partial charge in [-0.05, 0) is 6.07 Å². The van der Waals surface area contributed by atoms with Crippen LogP contribution in [0.4, 0.5) is 26.3 Å². The van der Waals surface area contributed by atoms with E-state index in [0.717, 1.165) is 0 Å². The molecule has 1 unspecified atom stereocenters. The minimum atomic E-state index is -4.73. The fourth-order valence-corrected chi connectivity index (χ4v) is 1.12. The van der Waals surface area contributed by atoms with Crippen molar-refractivity contribution in [3.05, 3.63) is 35.1 Å². The summed E-state index contributed by atoms with van der Waals surface area (Å²) < 4.78 is 73.5. The second-order valence-corrected chi connectivity index (χ2v) is 3.12. The Bertz CT molecular complexity index is 386. The van der Waals surface area contributed by atoms with Crippen molar-refractivity contribution in [3.8, 4) is 0 Å². The molecule has 0 aliphatic rings. The Kier molecular flexibility index (Phi) is 3.47. The molecule has 0 bridgehead atoms. The zero-order chi connectivity index (χ0) is 12.5. The van der Waals surface area contributed by atoms with Gasteiger partial charge in [0.05, 0.1) is 12.5 Å². The molecule has 0 amide bonds. The van der Waals surface area contributed by atoms with Crippen LogP contribution in [-0.2, 0) is 0 Å². The van der Waals surface area contributed by atoms with E-state index in [0.29, 0.717) is 0 Å². The van der Waals surface area contributed by atoms with Gasteiger partial charge in [0, 0.05) is 11.6 Å². The van der Waals surface area contributed by atoms with Crippen LogP contribution >= 0.6 is 0 Å². The van der Waals surface area contributed by atoms with E-state index in [1.165, 1.54) is 0 Å². The molecule has 7 heteroatoms. The first kappa shape index (κ1) is 12.8. The molecule has 0 aromatic heterocycles. The van der Waals surface area contributed by atoms with Gasteiger partial charge in [-0.3, -0.25) is 0 Å². The fourth-order valence-electron chi connectivity index (χ4n) is 1.12. The number of halogens is 6. The second kappa shape index (κ2) is 4.32. The molecule has 1 N–H and O–H groups in total. The quantitative estimate of drug-likeness (QED) is 0.626. The largest absolute Gasteiger partial charge is 0.391 e. The number of benzene rings is 1. The molecular weight excluding hydrogens is 238 g/mol. The van der Waals surface area contributed by atoms with Crippen LogP contribution in [0.1, 0.15) is 18.1 Å². The van der Waals surface area contributed by atoms with Gasteiger partial charge in [-0.15, -0.1) is 0 Å². The average Bonchev–Trinajstić information content (AvgIpc) is 2.08. The van der Waals surface area contributed by atoms with E-state index in [9.17, 15) is 26.3 Å². The van der Waals surface area contributed by atoms with E-state index in [1.54, 1.807) is 0 Å². The Labute approximate surface area is 86.3 Å². The minimum Gasteiger partial charge on any atom is -0.388 e. The summed E-state index contributed by atoms with van der Waals surface area (Å²) in [6.07, 6.45) is -8.71. The topological polar surface area (TPSA) is 20.2 Å². The van der Waals surface area contributed by atoms with Crippen LogP contribution < -0.4 is 0 Å². The molecule has 0 aliphatic carbocycles. The van der Waals surface area contributed by atoms with Crippen molar-refractivity contribution >= 4 is 0 Å². The third-order valence-electron chi connectivity index (χ3n) is 1.82. The lowest BCUT2D eigenvalue weighted by molar-refractivity contribution is -0.154. The molecule has 1 atom stereocenters. The van der Waals surface area contributed by atoms with E-state index in [1.807, 2.05) is 0 Å². The SMILES string of the molecule is OC(CC(F)(F)F)c1cc(F)c(F)cc1F. The lowest BCUT2D eigenvalue weighted by atomic mass is 10.1. The summed E-state index contributed by atoms with van der Waals surface area (Å²) in [4.78, 5) is 0.